The zero-order valence-corrected chi connectivity index (χ0v) is 13.5. The maximum absolute atomic E-state index is 12.3. The molecule has 0 saturated carbocycles. The van der Waals surface area contributed by atoms with Crippen molar-refractivity contribution in [2.45, 2.75) is 51.3 Å². The number of amides is 1. The van der Waals surface area contributed by atoms with Crippen molar-refractivity contribution < 1.29 is 14.6 Å². The van der Waals surface area contributed by atoms with Gasteiger partial charge in [-0.1, -0.05) is 6.07 Å². The number of rotatable bonds is 1. The zero-order valence-electron chi connectivity index (χ0n) is 13.5. The molecule has 0 radical (unpaired) electrons. The van der Waals surface area contributed by atoms with Gasteiger partial charge < -0.3 is 19.6 Å². The fourth-order valence-corrected chi connectivity index (χ4v) is 3.45. The van der Waals surface area contributed by atoms with Crippen molar-refractivity contribution in [3.05, 3.63) is 24.3 Å². The van der Waals surface area contributed by atoms with Gasteiger partial charge in [-0.15, -0.1) is 0 Å². The number of hydrogen-bond donors (Lipinski definition) is 1. The summed E-state index contributed by atoms with van der Waals surface area (Å²) in [7, 11) is 0. The summed E-state index contributed by atoms with van der Waals surface area (Å²) >= 11 is 0. The predicted octanol–water partition coefficient (Wildman–Crippen LogP) is 2.98. The number of carbonyl (C=O) groups excluding carboxylic acids is 1. The number of phenolic OH excluding ortho intramolecular Hbond substituents is 1. The van der Waals surface area contributed by atoms with Gasteiger partial charge >= 0.3 is 6.09 Å². The number of fused-ring (bicyclic) bond motifs is 2. The van der Waals surface area contributed by atoms with Crippen LogP contribution in [0.15, 0.2) is 24.3 Å². The monoisotopic (exact) mass is 304 g/mol. The highest BCUT2D eigenvalue weighted by molar-refractivity contribution is 5.69. The molecule has 2 saturated heterocycles. The van der Waals surface area contributed by atoms with Crippen LogP contribution in [0.2, 0.25) is 0 Å². The van der Waals surface area contributed by atoms with Crippen LogP contribution in [0.3, 0.4) is 0 Å². The molecule has 2 fully saturated rings. The van der Waals surface area contributed by atoms with Crippen molar-refractivity contribution in [1.82, 2.24) is 4.90 Å². The molecule has 2 aliphatic rings. The molecular formula is C17H24N2O3. The minimum absolute atomic E-state index is 0.222. The molecule has 2 aliphatic heterocycles. The third kappa shape index (κ3) is 2.98. The fraction of sp³-hybridized carbons (Fsp3) is 0.588. The number of piperazine rings is 1. The molecular weight excluding hydrogens is 280 g/mol. The van der Waals surface area contributed by atoms with Crippen LogP contribution in [0.4, 0.5) is 10.5 Å². The molecule has 1 N–H and O–H groups in total. The molecule has 0 aliphatic carbocycles. The zero-order chi connectivity index (χ0) is 15.9. The Balaban J connectivity index is 1.73. The molecule has 2 atom stereocenters. The van der Waals surface area contributed by atoms with Gasteiger partial charge in [-0.25, -0.2) is 4.79 Å². The first kappa shape index (κ1) is 15.0. The molecule has 5 heteroatoms. The van der Waals surface area contributed by atoms with Gasteiger partial charge in [0.15, 0.2) is 0 Å². The van der Waals surface area contributed by atoms with Crippen molar-refractivity contribution in [2.75, 3.05) is 18.0 Å². The molecule has 3 rings (SSSR count). The molecule has 120 valence electrons. The summed E-state index contributed by atoms with van der Waals surface area (Å²) in [5.74, 6) is 0.284. The molecule has 1 amide bonds. The topological polar surface area (TPSA) is 53.0 Å². The minimum Gasteiger partial charge on any atom is -0.508 e. The molecule has 0 unspecified atom stereocenters. The van der Waals surface area contributed by atoms with Gasteiger partial charge in [-0.2, -0.15) is 0 Å². The number of hydrogen-bond acceptors (Lipinski definition) is 4. The number of nitrogens with zero attached hydrogens (tertiary/aromatic N) is 2. The van der Waals surface area contributed by atoms with E-state index in [1.807, 2.05) is 37.8 Å². The maximum Gasteiger partial charge on any atom is 0.410 e. The highest BCUT2D eigenvalue weighted by Crippen LogP contribution is 2.36. The van der Waals surface area contributed by atoms with Gasteiger partial charge in [0.1, 0.15) is 11.4 Å². The van der Waals surface area contributed by atoms with Crippen LogP contribution >= 0.6 is 0 Å². The summed E-state index contributed by atoms with van der Waals surface area (Å²) in [6, 6.07) is 7.97. The number of likely N-dealkylation sites (tertiary alicyclic amines) is 1. The number of benzene rings is 1. The van der Waals surface area contributed by atoms with E-state index >= 15 is 0 Å². The molecule has 2 heterocycles. The SMILES string of the molecule is CC(C)(C)OC(=O)N1C[C@H]2CC[C@@H](C1)N2c1cccc(O)c1. The third-order valence-electron chi connectivity index (χ3n) is 4.26. The maximum atomic E-state index is 12.3. The summed E-state index contributed by atoms with van der Waals surface area (Å²) in [6.07, 6.45) is 1.92. The Kier molecular flexibility index (Phi) is 3.67. The highest BCUT2D eigenvalue weighted by atomic mass is 16.6. The van der Waals surface area contributed by atoms with E-state index in [4.69, 9.17) is 4.74 Å². The van der Waals surface area contributed by atoms with Crippen molar-refractivity contribution >= 4 is 11.8 Å². The van der Waals surface area contributed by atoms with Crippen molar-refractivity contribution in [3.63, 3.8) is 0 Å². The number of ether oxygens (including phenoxy) is 1. The standard InChI is InChI=1S/C17H24N2O3/c1-17(2,3)22-16(21)18-10-13-7-8-14(11-18)19(13)12-5-4-6-15(20)9-12/h4-6,9,13-14,20H,7-8,10-11H2,1-3H3/t13-,14+. The minimum atomic E-state index is -0.460. The Hall–Kier alpha value is -1.91. The first-order valence-electron chi connectivity index (χ1n) is 7.89. The Bertz CT molecular complexity index is 553. The number of aromatic hydroxyl groups is 1. The van der Waals surface area contributed by atoms with E-state index in [0.717, 1.165) is 18.5 Å². The Morgan fingerprint density at radius 3 is 2.41 bits per heavy atom. The summed E-state index contributed by atoms with van der Waals surface area (Å²) < 4.78 is 5.49. The molecule has 5 nitrogen and oxygen atoms in total. The van der Waals surface area contributed by atoms with Crippen LogP contribution < -0.4 is 4.90 Å². The number of carbonyl (C=O) groups is 1. The van der Waals surface area contributed by atoms with Crippen LogP contribution in [0.5, 0.6) is 5.75 Å². The molecule has 1 aromatic rings. The fourth-order valence-electron chi connectivity index (χ4n) is 3.45. The van der Waals surface area contributed by atoms with Gasteiger partial charge in [-0.3, -0.25) is 0 Å². The lowest BCUT2D eigenvalue weighted by Gasteiger charge is -2.42. The lowest BCUT2D eigenvalue weighted by molar-refractivity contribution is 0.0209. The molecule has 2 bridgehead atoms. The van der Waals surface area contributed by atoms with Crippen LogP contribution in [0.1, 0.15) is 33.6 Å². The summed E-state index contributed by atoms with van der Waals surface area (Å²) in [4.78, 5) is 16.4. The second-order valence-corrected chi connectivity index (χ2v) is 7.20. The second-order valence-electron chi connectivity index (χ2n) is 7.20. The van der Waals surface area contributed by atoms with E-state index in [2.05, 4.69) is 4.90 Å². The first-order chi connectivity index (χ1) is 10.3. The van der Waals surface area contributed by atoms with Crippen molar-refractivity contribution in [3.8, 4) is 5.75 Å². The normalized spacial score (nSPS) is 24.5. The van der Waals surface area contributed by atoms with E-state index in [1.54, 1.807) is 12.1 Å². The number of anilines is 1. The van der Waals surface area contributed by atoms with E-state index in [-0.39, 0.29) is 11.8 Å². The van der Waals surface area contributed by atoms with E-state index in [0.29, 0.717) is 25.2 Å². The Morgan fingerprint density at radius 2 is 1.86 bits per heavy atom. The summed E-state index contributed by atoms with van der Waals surface area (Å²) in [5, 5.41) is 9.69. The van der Waals surface area contributed by atoms with Gasteiger partial charge in [0, 0.05) is 36.9 Å². The molecule has 0 aromatic heterocycles. The average Bonchev–Trinajstić information content (AvgIpc) is 2.67. The predicted molar refractivity (Wildman–Crippen MR) is 85.2 cm³/mol. The molecule has 22 heavy (non-hydrogen) atoms. The van der Waals surface area contributed by atoms with Crippen molar-refractivity contribution in [1.29, 1.82) is 0 Å². The summed E-state index contributed by atoms with van der Waals surface area (Å²) in [5.41, 5.74) is 0.578. The van der Waals surface area contributed by atoms with Gasteiger partial charge in [-0.05, 0) is 45.7 Å². The third-order valence-corrected chi connectivity index (χ3v) is 4.26. The smallest absolute Gasteiger partial charge is 0.410 e. The average molecular weight is 304 g/mol. The number of phenols is 1. The van der Waals surface area contributed by atoms with E-state index < -0.39 is 5.60 Å². The first-order valence-corrected chi connectivity index (χ1v) is 7.89. The summed E-state index contributed by atoms with van der Waals surface area (Å²) in [6.45, 7) is 7.04. The highest BCUT2D eigenvalue weighted by Gasteiger charge is 2.42. The van der Waals surface area contributed by atoms with Gasteiger partial charge in [0.25, 0.3) is 0 Å². The van der Waals surface area contributed by atoms with E-state index in [1.165, 1.54) is 0 Å². The van der Waals surface area contributed by atoms with Gasteiger partial charge in [0.2, 0.25) is 0 Å². The van der Waals surface area contributed by atoms with Crippen LogP contribution in [-0.4, -0.2) is 46.9 Å². The second kappa shape index (κ2) is 5.38. The largest absolute Gasteiger partial charge is 0.508 e. The van der Waals surface area contributed by atoms with Crippen LogP contribution in [0.25, 0.3) is 0 Å². The van der Waals surface area contributed by atoms with Crippen LogP contribution in [0, 0.1) is 0 Å². The van der Waals surface area contributed by atoms with Crippen molar-refractivity contribution in [2.24, 2.45) is 0 Å². The van der Waals surface area contributed by atoms with E-state index in [9.17, 15) is 9.90 Å². The quantitative estimate of drug-likeness (QED) is 0.866. The lowest BCUT2D eigenvalue weighted by atomic mass is 10.1. The van der Waals surface area contributed by atoms with Gasteiger partial charge in [0.05, 0.1) is 0 Å². The Morgan fingerprint density at radius 1 is 1.23 bits per heavy atom. The lowest BCUT2D eigenvalue weighted by Crippen LogP contribution is -2.56. The molecule has 1 aromatic carbocycles. The Labute approximate surface area is 131 Å². The van der Waals surface area contributed by atoms with Crippen LogP contribution in [-0.2, 0) is 4.74 Å². The molecule has 0 spiro atoms.